The minimum absolute atomic E-state index is 0.0399. The Bertz CT molecular complexity index is 335. The van der Waals surface area contributed by atoms with Crippen LogP contribution < -0.4 is 0 Å². The third-order valence-corrected chi connectivity index (χ3v) is 2.96. The van der Waals surface area contributed by atoms with Gasteiger partial charge in [-0.3, -0.25) is 4.79 Å². The zero-order valence-corrected chi connectivity index (χ0v) is 10.8. The Kier molecular flexibility index (Phi) is 4.72. The van der Waals surface area contributed by atoms with Crippen molar-refractivity contribution in [2.45, 2.75) is 46.5 Å². The monoisotopic (exact) mass is 218 g/mol. The number of hydrogen-bond acceptors (Lipinski definition) is 1. The predicted molar refractivity (Wildman–Crippen MR) is 68.7 cm³/mol. The number of Topliss-reactive ketones (excluding diaryl/α,β-unsaturated/α-hetero) is 1. The highest BCUT2D eigenvalue weighted by Gasteiger charge is 2.12. The van der Waals surface area contributed by atoms with Crippen LogP contribution in [-0.2, 0) is 11.2 Å². The number of carbonyl (C=O) groups excluding carboxylic acids is 1. The Hall–Kier alpha value is -1.11. The first-order valence-corrected chi connectivity index (χ1v) is 6.16. The Balaban J connectivity index is 2.74. The van der Waals surface area contributed by atoms with E-state index in [-0.39, 0.29) is 5.92 Å². The van der Waals surface area contributed by atoms with Crippen LogP contribution in [0.1, 0.15) is 51.2 Å². The van der Waals surface area contributed by atoms with Crippen LogP contribution in [0.25, 0.3) is 0 Å². The van der Waals surface area contributed by atoms with Gasteiger partial charge in [0.15, 0.2) is 0 Å². The number of hydrogen-bond donors (Lipinski definition) is 0. The van der Waals surface area contributed by atoms with Gasteiger partial charge in [0.2, 0.25) is 0 Å². The lowest BCUT2D eigenvalue weighted by atomic mass is 9.93. The molecular formula is C15H22O. The van der Waals surface area contributed by atoms with Gasteiger partial charge in [0.1, 0.15) is 5.78 Å². The summed E-state index contributed by atoms with van der Waals surface area (Å²) in [7, 11) is 0. The fourth-order valence-electron chi connectivity index (χ4n) is 1.91. The molecule has 0 aliphatic heterocycles. The van der Waals surface area contributed by atoms with E-state index in [0.717, 1.165) is 12.0 Å². The van der Waals surface area contributed by atoms with Gasteiger partial charge >= 0.3 is 0 Å². The Morgan fingerprint density at radius 2 is 1.69 bits per heavy atom. The molecule has 1 nitrogen and oxygen atoms in total. The third kappa shape index (κ3) is 3.48. The van der Waals surface area contributed by atoms with Gasteiger partial charge in [-0.2, -0.15) is 0 Å². The summed E-state index contributed by atoms with van der Waals surface area (Å²) >= 11 is 0. The van der Waals surface area contributed by atoms with E-state index >= 15 is 0 Å². The lowest BCUT2D eigenvalue weighted by Crippen LogP contribution is -2.07. The molecule has 0 saturated carbocycles. The fourth-order valence-corrected chi connectivity index (χ4v) is 1.91. The van der Waals surface area contributed by atoms with Crippen molar-refractivity contribution in [3.8, 4) is 0 Å². The second-order valence-electron chi connectivity index (χ2n) is 4.88. The molecule has 0 aliphatic rings. The Morgan fingerprint density at radius 1 is 1.12 bits per heavy atom. The predicted octanol–water partition coefficient (Wildman–Crippen LogP) is 3.97. The molecule has 0 heterocycles. The fraction of sp³-hybridized carbons (Fsp3) is 0.533. The maximum Gasteiger partial charge on any atom is 0.139 e. The Labute approximate surface area is 98.9 Å². The van der Waals surface area contributed by atoms with Crippen LogP contribution in [0.4, 0.5) is 0 Å². The summed E-state index contributed by atoms with van der Waals surface area (Å²) in [6, 6.07) is 8.48. The number of ketones is 1. The van der Waals surface area contributed by atoms with Gasteiger partial charge in [-0.15, -0.1) is 0 Å². The molecule has 1 atom stereocenters. The molecule has 0 fully saturated rings. The van der Waals surface area contributed by atoms with E-state index < -0.39 is 0 Å². The van der Waals surface area contributed by atoms with Crippen LogP contribution in [0.15, 0.2) is 24.3 Å². The molecular weight excluding hydrogens is 196 g/mol. The maximum atomic E-state index is 11.6. The first kappa shape index (κ1) is 13.0. The average Bonchev–Trinajstić information content (AvgIpc) is 2.27. The van der Waals surface area contributed by atoms with Gasteiger partial charge in [0, 0.05) is 12.3 Å². The molecule has 88 valence electrons. The second-order valence-corrected chi connectivity index (χ2v) is 4.88. The molecule has 1 heteroatoms. The second kappa shape index (κ2) is 5.83. The van der Waals surface area contributed by atoms with E-state index in [9.17, 15) is 4.79 Å². The average molecular weight is 218 g/mol. The minimum atomic E-state index is 0.0399. The molecule has 0 radical (unpaired) electrons. The summed E-state index contributed by atoms with van der Waals surface area (Å²) in [6.07, 6.45) is 1.73. The lowest BCUT2D eigenvalue weighted by molar-refractivity contribution is -0.119. The molecule has 16 heavy (non-hydrogen) atoms. The van der Waals surface area contributed by atoms with Crippen molar-refractivity contribution in [1.82, 2.24) is 0 Å². The van der Waals surface area contributed by atoms with Crippen molar-refractivity contribution >= 4 is 5.78 Å². The van der Waals surface area contributed by atoms with Crippen molar-refractivity contribution in [1.29, 1.82) is 0 Å². The van der Waals surface area contributed by atoms with Crippen LogP contribution in [0.2, 0.25) is 0 Å². The van der Waals surface area contributed by atoms with Gasteiger partial charge in [0.05, 0.1) is 0 Å². The van der Waals surface area contributed by atoms with E-state index in [4.69, 9.17) is 0 Å². The lowest BCUT2D eigenvalue weighted by Gasteiger charge is -2.11. The molecule has 1 aromatic carbocycles. The maximum absolute atomic E-state index is 11.6. The third-order valence-electron chi connectivity index (χ3n) is 2.96. The van der Waals surface area contributed by atoms with Crippen molar-refractivity contribution in [3.05, 3.63) is 35.4 Å². The molecule has 0 aliphatic carbocycles. The number of benzene rings is 1. The van der Waals surface area contributed by atoms with Crippen molar-refractivity contribution in [2.75, 3.05) is 0 Å². The highest BCUT2D eigenvalue weighted by Crippen LogP contribution is 2.19. The number of carbonyl (C=O) groups is 1. The molecule has 0 aromatic heterocycles. The zero-order chi connectivity index (χ0) is 12.1. The summed E-state index contributed by atoms with van der Waals surface area (Å²) < 4.78 is 0. The van der Waals surface area contributed by atoms with E-state index in [1.54, 1.807) is 0 Å². The van der Waals surface area contributed by atoms with Crippen LogP contribution in [-0.4, -0.2) is 5.78 Å². The molecule has 1 aromatic rings. The molecule has 0 spiro atoms. The minimum Gasteiger partial charge on any atom is -0.299 e. The molecule has 0 saturated heterocycles. The van der Waals surface area contributed by atoms with Gasteiger partial charge in [-0.1, -0.05) is 52.0 Å². The molecule has 1 rings (SSSR count). The van der Waals surface area contributed by atoms with Crippen molar-refractivity contribution < 1.29 is 4.79 Å². The van der Waals surface area contributed by atoms with Crippen LogP contribution >= 0.6 is 0 Å². The first-order valence-electron chi connectivity index (χ1n) is 6.16. The highest BCUT2D eigenvalue weighted by atomic mass is 16.1. The van der Waals surface area contributed by atoms with E-state index in [2.05, 4.69) is 38.1 Å². The SMILES string of the molecule is CCC(=O)C(C)c1ccc(CC(C)C)cc1. The van der Waals surface area contributed by atoms with Gasteiger partial charge < -0.3 is 0 Å². The standard InChI is InChI=1S/C15H22O/c1-5-15(16)12(4)14-8-6-13(7-9-14)10-11(2)3/h6-9,11-12H,5,10H2,1-4H3. The van der Waals surface area contributed by atoms with Crippen molar-refractivity contribution in [2.24, 2.45) is 5.92 Å². The summed E-state index contributed by atoms with van der Waals surface area (Å²) in [5, 5.41) is 0. The largest absolute Gasteiger partial charge is 0.299 e. The topological polar surface area (TPSA) is 17.1 Å². The number of rotatable bonds is 5. The molecule has 0 amide bonds. The normalized spacial score (nSPS) is 12.8. The van der Waals surface area contributed by atoms with Crippen LogP contribution in [0, 0.1) is 5.92 Å². The van der Waals surface area contributed by atoms with Crippen LogP contribution in [0.5, 0.6) is 0 Å². The summed E-state index contributed by atoms with van der Waals surface area (Å²) in [4.78, 5) is 11.6. The molecule has 1 unspecified atom stereocenters. The smallest absolute Gasteiger partial charge is 0.139 e. The summed E-state index contributed by atoms with van der Waals surface area (Å²) in [5.74, 6) is 1.04. The molecule has 0 bridgehead atoms. The summed E-state index contributed by atoms with van der Waals surface area (Å²) in [5.41, 5.74) is 2.49. The van der Waals surface area contributed by atoms with E-state index in [0.29, 0.717) is 18.1 Å². The zero-order valence-electron chi connectivity index (χ0n) is 10.8. The quantitative estimate of drug-likeness (QED) is 0.731. The van der Waals surface area contributed by atoms with E-state index in [1.165, 1.54) is 5.56 Å². The van der Waals surface area contributed by atoms with Crippen molar-refractivity contribution in [3.63, 3.8) is 0 Å². The molecule has 0 N–H and O–H groups in total. The van der Waals surface area contributed by atoms with Gasteiger partial charge in [0.25, 0.3) is 0 Å². The van der Waals surface area contributed by atoms with Gasteiger partial charge in [-0.25, -0.2) is 0 Å². The highest BCUT2D eigenvalue weighted by molar-refractivity contribution is 5.85. The first-order chi connectivity index (χ1) is 7.54. The summed E-state index contributed by atoms with van der Waals surface area (Å²) in [6.45, 7) is 8.35. The van der Waals surface area contributed by atoms with Crippen LogP contribution in [0.3, 0.4) is 0 Å². The van der Waals surface area contributed by atoms with Gasteiger partial charge in [-0.05, 0) is 23.5 Å². The van der Waals surface area contributed by atoms with E-state index in [1.807, 2.05) is 13.8 Å². The Morgan fingerprint density at radius 3 is 2.12 bits per heavy atom.